The van der Waals surface area contributed by atoms with Crippen LogP contribution in [0.3, 0.4) is 0 Å². The van der Waals surface area contributed by atoms with Gasteiger partial charge < -0.3 is 14.7 Å². The summed E-state index contributed by atoms with van der Waals surface area (Å²) in [5.74, 6) is 1.13. The van der Waals surface area contributed by atoms with E-state index in [9.17, 15) is 0 Å². The molecule has 4 rings (SSSR count). The Labute approximate surface area is 201 Å². The van der Waals surface area contributed by atoms with Crippen molar-refractivity contribution in [3.63, 3.8) is 0 Å². The van der Waals surface area contributed by atoms with Gasteiger partial charge in [0.2, 0.25) is 5.82 Å². The van der Waals surface area contributed by atoms with Gasteiger partial charge in [-0.2, -0.15) is 4.98 Å². The molecule has 0 saturated heterocycles. The maximum Gasteiger partial charge on any atom is 0.258 e. The van der Waals surface area contributed by atoms with Crippen LogP contribution in [0.25, 0.3) is 17.0 Å². The predicted molar refractivity (Wildman–Crippen MR) is 138 cm³/mol. The van der Waals surface area contributed by atoms with Crippen molar-refractivity contribution in [1.82, 2.24) is 20.4 Å². The smallest absolute Gasteiger partial charge is 0.258 e. The van der Waals surface area contributed by atoms with Gasteiger partial charge in [0.1, 0.15) is 0 Å². The van der Waals surface area contributed by atoms with Crippen molar-refractivity contribution in [2.24, 2.45) is 0 Å². The van der Waals surface area contributed by atoms with Crippen molar-refractivity contribution in [2.75, 3.05) is 6.54 Å². The van der Waals surface area contributed by atoms with Gasteiger partial charge in [-0.1, -0.05) is 67.9 Å². The van der Waals surface area contributed by atoms with E-state index < -0.39 is 0 Å². The molecular formula is C27H32N4OS. The third kappa shape index (κ3) is 4.71. The third-order valence-corrected chi connectivity index (χ3v) is 6.81. The number of nitrogens with one attached hydrogen (secondary N) is 1. The first-order chi connectivity index (χ1) is 15.9. The number of benzene rings is 2. The van der Waals surface area contributed by atoms with E-state index in [1.165, 1.54) is 16.7 Å². The lowest BCUT2D eigenvalue weighted by molar-refractivity contribution is 0.395. The maximum absolute atomic E-state index is 5.85. The quantitative estimate of drug-likeness (QED) is 0.413. The number of unbranched alkanes of at least 4 members (excludes halogenated alkanes) is 1. The fourth-order valence-corrected chi connectivity index (χ4v) is 4.52. The van der Waals surface area contributed by atoms with E-state index in [4.69, 9.17) is 21.7 Å². The first-order valence-corrected chi connectivity index (χ1v) is 12.1. The summed E-state index contributed by atoms with van der Waals surface area (Å²) in [7, 11) is 0. The molecule has 3 aromatic rings. The molecule has 0 spiro atoms. The summed E-state index contributed by atoms with van der Waals surface area (Å²) in [6.45, 7) is 11.6. The van der Waals surface area contributed by atoms with Crippen molar-refractivity contribution in [1.29, 1.82) is 0 Å². The highest BCUT2D eigenvalue weighted by molar-refractivity contribution is 7.80. The number of nitrogens with zero attached hydrogens (tertiary/aromatic N) is 3. The van der Waals surface area contributed by atoms with Crippen LogP contribution < -0.4 is 5.32 Å². The average molecular weight is 461 g/mol. The van der Waals surface area contributed by atoms with E-state index in [1.807, 2.05) is 0 Å². The van der Waals surface area contributed by atoms with Crippen LogP contribution in [-0.4, -0.2) is 26.7 Å². The van der Waals surface area contributed by atoms with Gasteiger partial charge >= 0.3 is 0 Å². The van der Waals surface area contributed by atoms with Crippen LogP contribution in [0.1, 0.15) is 67.8 Å². The third-order valence-electron chi connectivity index (χ3n) is 6.47. The molecule has 1 aliphatic rings. The highest BCUT2D eigenvalue weighted by atomic mass is 32.1. The molecule has 0 aliphatic carbocycles. The molecule has 0 radical (unpaired) electrons. The van der Waals surface area contributed by atoms with Gasteiger partial charge in [0, 0.05) is 17.8 Å². The number of allylic oxidation sites excluding steroid dienone is 1. The molecule has 0 bridgehead atoms. The van der Waals surface area contributed by atoms with Crippen molar-refractivity contribution in [3.05, 3.63) is 76.3 Å². The standard InChI is InChI=1S/C27H32N4OS/c1-6-8-15-31-19(5)23(24(28-27(31)33)22-12-9-17(3)18(4)16-22)26-29-25(30-32-26)21-13-10-20(7-2)11-14-21/h9-14,16,24H,6-8,15H2,1-5H3,(H,28,33). The molecule has 1 aliphatic heterocycles. The van der Waals surface area contributed by atoms with Gasteiger partial charge in [0.05, 0.1) is 11.6 Å². The largest absolute Gasteiger partial charge is 0.351 e. The van der Waals surface area contributed by atoms with Crippen LogP contribution in [-0.2, 0) is 6.42 Å². The van der Waals surface area contributed by atoms with E-state index in [0.717, 1.165) is 53.3 Å². The van der Waals surface area contributed by atoms with Crippen LogP contribution in [0, 0.1) is 13.8 Å². The van der Waals surface area contributed by atoms with Crippen molar-refractivity contribution >= 4 is 22.9 Å². The molecule has 33 heavy (non-hydrogen) atoms. The predicted octanol–water partition coefficient (Wildman–Crippen LogP) is 6.38. The number of aromatic nitrogens is 2. The molecule has 172 valence electrons. The number of hydrogen-bond acceptors (Lipinski definition) is 4. The molecule has 1 unspecified atom stereocenters. The summed E-state index contributed by atoms with van der Waals surface area (Å²) >= 11 is 5.78. The summed E-state index contributed by atoms with van der Waals surface area (Å²) < 4.78 is 5.85. The van der Waals surface area contributed by atoms with E-state index >= 15 is 0 Å². The second-order valence-corrected chi connectivity index (χ2v) is 9.09. The Hall–Kier alpha value is -2.99. The van der Waals surface area contributed by atoms with Crippen LogP contribution in [0.4, 0.5) is 0 Å². The number of hydrogen-bond donors (Lipinski definition) is 1. The summed E-state index contributed by atoms with van der Waals surface area (Å²) in [6.07, 6.45) is 3.15. The van der Waals surface area contributed by atoms with Crippen molar-refractivity contribution in [2.45, 2.75) is 59.9 Å². The Balaban J connectivity index is 1.78. The van der Waals surface area contributed by atoms with Crippen LogP contribution >= 0.6 is 12.2 Å². The van der Waals surface area contributed by atoms with Gasteiger partial charge in [-0.25, -0.2) is 0 Å². The van der Waals surface area contributed by atoms with Crippen molar-refractivity contribution < 1.29 is 4.52 Å². The Morgan fingerprint density at radius 1 is 1.03 bits per heavy atom. The lowest BCUT2D eigenvalue weighted by atomic mass is 9.92. The molecule has 5 nitrogen and oxygen atoms in total. The Morgan fingerprint density at radius 3 is 2.45 bits per heavy atom. The summed E-state index contributed by atoms with van der Waals surface area (Å²) in [4.78, 5) is 6.98. The fraction of sp³-hybridized carbons (Fsp3) is 0.370. The molecule has 0 fully saturated rings. The van der Waals surface area contributed by atoms with E-state index in [0.29, 0.717) is 11.7 Å². The van der Waals surface area contributed by atoms with Crippen LogP contribution in [0.15, 0.2) is 52.7 Å². The second kappa shape index (κ2) is 9.87. The zero-order valence-electron chi connectivity index (χ0n) is 20.1. The monoisotopic (exact) mass is 460 g/mol. The molecular weight excluding hydrogens is 428 g/mol. The number of aryl methyl sites for hydroxylation is 3. The lowest BCUT2D eigenvalue weighted by Crippen LogP contribution is -2.46. The van der Waals surface area contributed by atoms with Gasteiger partial charge in [-0.05, 0) is 68.1 Å². The highest BCUT2D eigenvalue weighted by Crippen LogP contribution is 2.38. The van der Waals surface area contributed by atoms with Gasteiger partial charge in [-0.3, -0.25) is 0 Å². The van der Waals surface area contributed by atoms with Gasteiger partial charge in [0.15, 0.2) is 5.11 Å². The molecule has 1 atom stereocenters. The maximum atomic E-state index is 5.85. The normalized spacial score (nSPS) is 16.3. The van der Waals surface area contributed by atoms with Crippen LogP contribution in [0.2, 0.25) is 0 Å². The highest BCUT2D eigenvalue weighted by Gasteiger charge is 2.34. The zero-order chi connectivity index (χ0) is 23.5. The Morgan fingerprint density at radius 2 is 1.79 bits per heavy atom. The Bertz CT molecular complexity index is 1180. The number of thiocarbonyl (C=S) groups is 1. The van der Waals surface area contributed by atoms with E-state index in [2.05, 4.69) is 92.5 Å². The van der Waals surface area contributed by atoms with E-state index in [1.54, 1.807) is 0 Å². The first kappa shape index (κ1) is 23.2. The summed E-state index contributed by atoms with van der Waals surface area (Å²) in [6, 6.07) is 14.7. The molecule has 1 aromatic heterocycles. The first-order valence-electron chi connectivity index (χ1n) is 11.7. The molecule has 2 heterocycles. The molecule has 0 saturated carbocycles. The second-order valence-electron chi connectivity index (χ2n) is 8.70. The van der Waals surface area contributed by atoms with E-state index in [-0.39, 0.29) is 6.04 Å². The number of rotatable bonds is 7. The molecule has 0 amide bonds. The van der Waals surface area contributed by atoms with Crippen LogP contribution in [0.5, 0.6) is 0 Å². The minimum Gasteiger partial charge on any atom is -0.351 e. The fourth-order valence-electron chi connectivity index (χ4n) is 4.18. The van der Waals surface area contributed by atoms with Gasteiger partial charge in [0.25, 0.3) is 5.89 Å². The minimum atomic E-state index is -0.148. The Kier molecular flexibility index (Phi) is 6.94. The SMILES string of the molecule is CCCCN1C(=S)NC(c2ccc(C)c(C)c2)C(c2nc(-c3ccc(CC)cc3)no2)=C1C. The van der Waals surface area contributed by atoms with Crippen molar-refractivity contribution in [3.8, 4) is 11.4 Å². The minimum absolute atomic E-state index is 0.148. The van der Waals surface area contributed by atoms with Gasteiger partial charge in [-0.15, -0.1) is 0 Å². The molecule has 6 heteroatoms. The summed E-state index contributed by atoms with van der Waals surface area (Å²) in [5.41, 5.74) is 7.92. The topological polar surface area (TPSA) is 54.2 Å². The molecule has 1 N–H and O–H groups in total. The lowest BCUT2D eigenvalue weighted by Gasteiger charge is -2.37. The summed E-state index contributed by atoms with van der Waals surface area (Å²) in [5, 5.41) is 8.61. The molecule has 2 aromatic carbocycles. The zero-order valence-corrected chi connectivity index (χ0v) is 20.9. The average Bonchev–Trinajstić information content (AvgIpc) is 3.30.